The molecule has 170 valence electrons. The number of hydrogen-bond donors (Lipinski definition) is 1. The van der Waals surface area contributed by atoms with Crippen LogP contribution in [-0.4, -0.2) is 49.5 Å². The van der Waals surface area contributed by atoms with Crippen molar-refractivity contribution in [1.29, 1.82) is 0 Å². The van der Waals surface area contributed by atoms with E-state index in [1.54, 1.807) is 37.3 Å². The van der Waals surface area contributed by atoms with Gasteiger partial charge in [-0.2, -0.15) is 4.31 Å². The summed E-state index contributed by atoms with van der Waals surface area (Å²) in [5.41, 5.74) is 2.23. The number of carbonyl (C=O) groups excluding carboxylic acids is 1. The van der Waals surface area contributed by atoms with Crippen molar-refractivity contribution in [2.45, 2.75) is 31.2 Å². The molecule has 2 heterocycles. The highest BCUT2D eigenvalue weighted by Crippen LogP contribution is 2.24. The summed E-state index contributed by atoms with van der Waals surface area (Å²) in [6, 6.07) is 12.0. The first-order valence-corrected chi connectivity index (χ1v) is 11.9. The van der Waals surface area contributed by atoms with E-state index in [0.717, 1.165) is 0 Å². The molecule has 1 saturated heterocycles. The molecule has 1 amide bonds. The lowest BCUT2D eigenvalue weighted by molar-refractivity contribution is -0.116. The second kappa shape index (κ2) is 9.27. The number of rotatable bonds is 7. The normalized spacial score (nSPS) is 15.2. The first-order valence-electron chi connectivity index (χ1n) is 10.4. The average Bonchev–Trinajstić information content (AvgIpc) is 3.11. The average molecular weight is 460 g/mol. The van der Waals surface area contributed by atoms with E-state index in [0.29, 0.717) is 61.6 Å². The van der Waals surface area contributed by atoms with Crippen LogP contribution in [0.2, 0.25) is 0 Å². The van der Waals surface area contributed by atoms with E-state index in [2.05, 4.69) is 5.32 Å². The van der Waals surface area contributed by atoms with Crippen molar-refractivity contribution in [2.24, 2.45) is 0 Å². The Balaban J connectivity index is 1.40. The Morgan fingerprint density at radius 3 is 2.66 bits per heavy atom. The van der Waals surface area contributed by atoms with Gasteiger partial charge in [-0.25, -0.2) is 13.2 Å². The van der Waals surface area contributed by atoms with Crippen molar-refractivity contribution >= 4 is 32.7 Å². The Morgan fingerprint density at radius 2 is 1.88 bits per heavy atom. The van der Waals surface area contributed by atoms with Crippen molar-refractivity contribution in [2.75, 3.05) is 31.6 Å². The van der Waals surface area contributed by atoms with Gasteiger partial charge in [-0.15, -0.1) is 0 Å². The number of hydrogen-bond acceptors (Lipinski definition) is 6. The number of aromatic nitrogens is 1. The van der Waals surface area contributed by atoms with E-state index in [-0.39, 0.29) is 17.2 Å². The second-order valence-corrected chi connectivity index (χ2v) is 9.54. The minimum Gasteiger partial charge on any atom is -0.408 e. The zero-order valence-electron chi connectivity index (χ0n) is 17.7. The molecule has 0 saturated carbocycles. The van der Waals surface area contributed by atoms with Crippen LogP contribution >= 0.6 is 0 Å². The van der Waals surface area contributed by atoms with E-state index < -0.39 is 15.8 Å². The van der Waals surface area contributed by atoms with Gasteiger partial charge < -0.3 is 14.5 Å². The van der Waals surface area contributed by atoms with Gasteiger partial charge in [-0.05, 0) is 43.2 Å². The Labute approximate surface area is 185 Å². The van der Waals surface area contributed by atoms with Crippen LogP contribution in [0.4, 0.5) is 5.69 Å². The molecule has 10 heteroatoms. The zero-order chi connectivity index (χ0) is 22.7. The van der Waals surface area contributed by atoms with Gasteiger partial charge >= 0.3 is 5.76 Å². The van der Waals surface area contributed by atoms with Gasteiger partial charge in [-0.3, -0.25) is 9.36 Å². The molecule has 1 fully saturated rings. The van der Waals surface area contributed by atoms with E-state index in [9.17, 15) is 18.0 Å². The summed E-state index contributed by atoms with van der Waals surface area (Å²) in [5.74, 6) is -0.715. The fourth-order valence-electron chi connectivity index (χ4n) is 3.73. The zero-order valence-corrected chi connectivity index (χ0v) is 18.6. The van der Waals surface area contributed by atoms with Crippen molar-refractivity contribution in [3.05, 3.63) is 58.6 Å². The Morgan fingerprint density at radius 1 is 1.12 bits per heavy atom. The van der Waals surface area contributed by atoms with Gasteiger partial charge in [-0.1, -0.05) is 18.2 Å². The van der Waals surface area contributed by atoms with Crippen LogP contribution in [0.1, 0.15) is 18.4 Å². The number of oxazole rings is 1. The lowest BCUT2D eigenvalue weighted by atomic mass is 10.2. The van der Waals surface area contributed by atoms with Crippen LogP contribution in [0.5, 0.6) is 0 Å². The molecule has 3 aromatic rings. The molecular formula is C22H25N3O6S. The highest BCUT2D eigenvalue weighted by molar-refractivity contribution is 7.89. The number of para-hydroxylation sites is 2. The Bertz CT molecular complexity index is 1290. The predicted molar refractivity (Wildman–Crippen MR) is 119 cm³/mol. The fraction of sp³-hybridized carbons (Fsp3) is 0.364. The number of benzene rings is 2. The number of anilines is 1. The van der Waals surface area contributed by atoms with Crippen LogP contribution in [-0.2, 0) is 26.1 Å². The van der Waals surface area contributed by atoms with Crippen LogP contribution in [0.25, 0.3) is 11.1 Å². The molecule has 1 aliphatic heterocycles. The minimum absolute atomic E-state index is 0.172. The molecule has 0 spiro atoms. The molecule has 1 N–H and O–H groups in total. The molecule has 9 nitrogen and oxygen atoms in total. The largest absolute Gasteiger partial charge is 0.419 e. The molecule has 0 bridgehead atoms. The molecule has 32 heavy (non-hydrogen) atoms. The molecule has 4 rings (SSSR count). The maximum atomic E-state index is 13.0. The predicted octanol–water partition coefficient (Wildman–Crippen LogP) is 2.34. The lowest BCUT2D eigenvalue weighted by Crippen LogP contribution is -2.40. The molecule has 0 aliphatic carbocycles. The van der Waals surface area contributed by atoms with Crippen LogP contribution in [0, 0.1) is 6.92 Å². The van der Waals surface area contributed by atoms with E-state index in [4.69, 9.17) is 9.15 Å². The smallest absolute Gasteiger partial charge is 0.408 e. The van der Waals surface area contributed by atoms with Gasteiger partial charge in [0.1, 0.15) is 0 Å². The molecule has 1 aromatic heterocycles. The number of nitrogens with zero attached hydrogens (tertiary/aromatic N) is 2. The van der Waals surface area contributed by atoms with Crippen LogP contribution in [0.3, 0.4) is 0 Å². The minimum atomic E-state index is -3.67. The van der Waals surface area contributed by atoms with E-state index in [1.807, 2.05) is 6.07 Å². The number of sulfonamides is 1. The number of ether oxygens (including phenoxy) is 1. The molecular weight excluding hydrogens is 434 g/mol. The Hall–Kier alpha value is -2.95. The summed E-state index contributed by atoms with van der Waals surface area (Å²) < 4.78 is 39.4. The van der Waals surface area contributed by atoms with Gasteiger partial charge in [0, 0.05) is 31.7 Å². The van der Waals surface area contributed by atoms with Gasteiger partial charge in [0.25, 0.3) is 0 Å². The summed E-state index contributed by atoms with van der Waals surface area (Å²) in [6.45, 7) is 3.41. The number of morpholine rings is 1. The van der Waals surface area contributed by atoms with Gasteiger partial charge in [0.2, 0.25) is 15.9 Å². The summed E-state index contributed by atoms with van der Waals surface area (Å²) >= 11 is 0. The van der Waals surface area contributed by atoms with Crippen molar-refractivity contribution in [3.8, 4) is 0 Å². The quantitative estimate of drug-likeness (QED) is 0.581. The lowest BCUT2D eigenvalue weighted by Gasteiger charge is -2.26. The molecule has 1 aliphatic rings. The van der Waals surface area contributed by atoms with Gasteiger partial charge in [0.15, 0.2) is 5.58 Å². The summed E-state index contributed by atoms with van der Waals surface area (Å²) in [7, 11) is -3.67. The third kappa shape index (κ3) is 4.62. The van der Waals surface area contributed by atoms with E-state index in [1.165, 1.54) is 14.9 Å². The maximum Gasteiger partial charge on any atom is 0.419 e. The molecule has 2 aromatic carbocycles. The standard InChI is InChI=1S/C22H25N3O6S/c1-16-8-9-17(15-20(16)32(28,29)24-11-13-30-14-12-24)23-21(26)7-4-10-25-18-5-2-3-6-19(18)31-22(25)27/h2-3,5-6,8-9,15H,4,7,10-14H2,1H3,(H,23,26). The third-order valence-electron chi connectivity index (χ3n) is 5.42. The number of nitrogens with one attached hydrogen (secondary N) is 1. The fourth-order valence-corrected chi connectivity index (χ4v) is 5.39. The van der Waals surface area contributed by atoms with Crippen molar-refractivity contribution < 1.29 is 22.4 Å². The van der Waals surface area contributed by atoms with Gasteiger partial charge in [0.05, 0.1) is 23.6 Å². The molecule has 0 atom stereocenters. The second-order valence-electron chi connectivity index (χ2n) is 7.64. The monoisotopic (exact) mass is 459 g/mol. The van der Waals surface area contributed by atoms with Crippen LogP contribution < -0.4 is 11.1 Å². The molecule has 0 radical (unpaired) electrons. The number of aryl methyl sites for hydroxylation is 2. The number of amides is 1. The third-order valence-corrected chi connectivity index (χ3v) is 7.46. The van der Waals surface area contributed by atoms with Crippen LogP contribution in [0.15, 0.2) is 56.6 Å². The molecule has 0 unspecified atom stereocenters. The number of fused-ring (bicyclic) bond motifs is 1. The maximum absolute atomic E-state index is 13.0. The summed E-state index contributed by atoms with van der Waals surface area (Å²) in [5, 5.41) is 2.76. The first kappa shape index (κ1) is 22.3. The first-order chi connectivity index (χ1) is 15.4. The highest BCUT2D eigenvalue weighted by atomic mass is 32.2. The van der Waals surface area contributed by atoms with E-state index >= 15 is 0 Å². The topological polar surface area (TPSA) is 111 Å². The Kier molecular flexibility index (Phi) is 6.45. The SMILES string of the molecule is Cc1ccc(NC(=O)CCCn2c(=O)oc3ccccc32)cc1S(=O)(=O)N1CCOCC1. The summed E-state index contributed by atoms with van der Waals surface area (Å²) in [4.78, 5) is 24.6. The van der Waals surface area contributed by atoms with Crippen molar-refractivity contribution in [3.63, 3.8) is 0 Å². The summed E-state index contributed by atoms with van der Waals surface area (Å²) in [6.07, 6.45) is 0.603. The van der Waals surface area contributed by atoms with Crippen molar-refractivity contribution in [1.82, 2.24) is 8.87 Å². The number of carbonyl (C=O) groups is 1. The highest BCUT2D eigenvalue weighted by Gasteiger charge is 2.28.